The first kappa shape index (κ1) is 40.2. The Morgan fingerprint density at radius 3 is 2.44 bits per heavy atom. The molecule has 2 heterocycles. The Labute approximate surface area is 315 Å². The number of urea groups is 1. The van der Waals surface area contributed by atoms with Gasteiger partial charge in [0.15, 0.2) is 5.78 Å². The highest BCUT2D eigenvalue weighted by Crippen LogP contribution is 2.39. The van der Waals surface area contributed by atoms with Gasteiger partial charge in [-0.3, -0.25) is 19.3 Å². The first-order valence-electron chi connectivity index (χ1n) is 18.0. The van der Waals surface area contributed by atoms with E-state index in [1.54, 1.807) is 72.2 Å². The van der Waals surface area contributed by atoms with Gasteiger partial charge in [-0.15, -0.1) is 6.58 Å². The number of methoxy groups -OCH3 is 1. The molecule has 0 bridgehead atoms. The summed E-state index contributed by atoms with van der Waals surface area (Å²) in [6.45, 7) is 12.1. The van der Waals surface area contributed by atoms with Gasteiger partial charge in [-0.2, -0.15) is 0 Å². The Balaban J connectivity index is 1.49. The van der Waals surface area contributed by atoms with Gasteiger partial charge in [-0.1, -0.05) is 11.6 Å². The SMILES string of the molecule is C=CC1CC1N(C(=O)NS(=O)(=O)C1CC1)C(=O)C1CC(Oc2nccc3cc(OC)ccc23)CN1C(=O)C(CCC(=O)C=C(C)C)NC(=O)OC(C)(C)C. The fraction of sp³-hybridized carbons (Fsp3) is 0.526. The molecule has 1 aliphatic heterocycles. The number of pyridine rings is 1. The van der Waals surface area contributed by atoms with Crippen molar-refractivity contribution in [1.29, 1.82) is 0 Å². The van der Waals surface area contributed by atoms with Gasteiger partial charge >= 0.3 is 12.1 Å². The largest absolute Gasteiger partial charge is 0.497 e. The number of carbonyl (C=O) groups excluding carboxylic acids is 5. The van der Waals surface area contributed by atoms with Crippen molar-refractivity contribution in [3.05, 3.63) is 54.8 Å². The highest BCUT2D eigenvalue weighted by molar-refractivity contribution is 7.90. The molecule has 5 unspecified atom stereocenters. The van der Waals surface area contributed by atoms with Crippen LogP contribution in [0.15, 0.2) is 54.8 Å². The minimum atomic E-state index is -4.03. The van der Waals surface area contributed by atoms with Gasteiger partial charge in [0.2, 0.25) is 21.8 Å². The average molecular weight is 768 g/mol. The van der Waals surface area contributed by atoms with Crippen molar-refractivity contribution < 1.29 is 46.6 Å². The summed E-state index contributed by atoms with van der Waals surface area (Å²) in [6, 6.07) is 2.67. The molecule has 2 saturated carbocycles. The lowest BCUT2D eigenvalue weighted by Crippen LogP contribution is -2.57. The molecule has 0 radical (unpaired) electrons. The first-order chi connectivity index (χ1) is 25.4. The van der Waals surface area contributed by atoms with Crippen LogP contribution in [0.2, 0.25) is 0 Å². The maximum absolute atomic E-state index is 14.6. The minimum Gasteiger partial charge on any atom is -0.497 e. The van der Waals surface area contributed by atoms with Crippen molar-refractivity contribution in [3.8, 4) is 11.6 Å². The number of carbonyl (C=O) groups is 5. The number of rotatable bonds is 14. The Hall–Kier alpha value is -4.99. The molecule has 1 aromatic heterocycles. The summed E-state index contributed by atoms with van der Waals surface area (Å²) < 4.78 is 44.9. The summed E-state index contributed by atoms with van der Waals surface area (Å²) in [5.41, 5.74) is -0.148. The smallest absolute Gasteiger partial charge is 0.408 e. The van der Waals surface area contributed by atoms with Gasteiger partial charge in [-0.25, -0.2) is 27.7 Å². The predicted octanol–water partition coefficient (Wildman–Crippen LogP) is 4.41. The molecule has 5 rings (SSSR count). The van der Waals surface area contributed by atoms with Crippen molar-refractivity contribution >= 4 is 50.5 Å². The number of nitrogens with one attached hydrogen (secondary N) is 2. The summed E-state index contributed by atoms with van der Waals surface area (Å²) in [4.78, 5) is 75.1. The van der Waals surface area contributed by atoms with Crippen molar-refractivity contribution in [2.75, 3.05) is 13.7 Å². The van der Waals surface area contributed by atoms with Crippen LogP contribution < -0.4 is 19.5 Å². The molecular formula is C38H49N5O10S. The van der Waals surface area contributed by atoms with E-state index in [4.69, 9.17) is 14.2 Å². The lowest BCUT2D eigenvalue weighted by atomic mass is 10.1. The quantitative estimate of drug-likeness (QED) is 0.205. The summed E-state index contributed by atoms with van der Waals surface area (Å²) >= 11 is 0. The highest BCUT2D eigenvalue weighted by Gasteiger charge is 2.52. The number of hydrogen-bond acceptors (Lipinski definition) is 11. The first-order valence-corrected chi connectivity index (χ1v) is 19.5. The third-order valence-electron chi connectivity index (χ3n) is 9.25. The van der Waals surface area contributed by atoms with Crippen molar-refractivity contribution in [1.82, 2.24) is 24.8 Å². The van der Waals surface area contributed by atoms with E-state index in [1.165, 1.54) is 11.0 Å². The highest BCUT2D eigenvalue weighted by atomic mass is 32.2. The standard InChI is InChI=1S/C38H49N5O10S/c1-8-23-19-31(23)43(36(47)41-54(49,50)28-11-12-28)35(46)32-20-27(52-33-29-13-10-26(51-7)18-24(29)15-16-39-33)21-42(32)34(45)30(14-9-25(44)17-22(2)3)40-37(48)53-38(4,5)6/h8,10,13,15-18,23,27-28,30-32H,1,9,11-12,14,19-21H2,2-7H3,(H,40,48)(H,41,47). The van der Waals surface area contributed by atoms with Gasteiger partial charge in [0, 0.05) is 30.5 Å². The molecule has 1 saturated heterocycles. The van der Waals surface area contributed by atoms with Gasteiger partial charge < -0.3 is 24.4 Å². The number of ether oxygens (including phenoxy) is 3. The second-order valence-corrected chi connectivity index (χ2v) is 17.1. The van der Waals surface area contributed by atoms with E-state index in [1.807, 2.05) is 6.07 Å². The van der Waals surface area contributed by atoms with Gasteiger partial charge in [-0.05, 0) is 102 Å². The molecular weight excluding hydrogens is 719 g/mol. The second-order valence-electron chi connectivity index (χ2n) is 15.2. The second kappa shape index (κ2) is 16.2. The number of ketones is 1. The Morgan fingerprint density at radius 2 is 1.83 bits per heavy atom. The van der Waals surface area contributed by atoms with E-state index in [2.05, 4.69) is 21.6 Å². The van der Waals surface area contributed by atoms with Crippen LogP contribution >= 0.6 is 0 Å². The van der Waals surface area contributed by atoms with E-state index in [0.29, 0.717) is 30.4 Å². The van der Waals surface area contributed by atoms with Crippen LogP contribution in [0.5, 0.6) is 11.6 Å². The summed E-state index contributed by atoms with van der Waals surface area (Å²) in [5, 5.41) is 3.27. The van der Waals surface area contributed by atoms with E-state index >= 15 is 0 Å². The zero-order valence-corrected chi connectivity index (χ0v) is 32.3. The Kier molecular flexibility index (Phi) is 12.0. The van der Waals surface area contributed by atoms with Crippen LogP contribution in [0.4, 0.5) is 9.59 Å². The lowest BCUT2D eigenvalue weighted by molar-refractivity contribution is -0.143. The molecule has 3 fully saturated rings. The maximum Gasteiger partial charge on any atom is 0.408 e. The molecule has 2 aliphatic carbocycles. The number of likely N-dealkylation sites (tertiary alicyclic amines) is 1. The molecule has 292 valence electrons. The molecule has 1 aromatic carbocycles. The number of nitrogens with zero attached hydrogens (tertiary/aromatic N) is 3. The Bertz CT molecular complexity index is 1950. The fourth-order valence-electron chi connectivity index (χ4n) is 6.41. The number of sulfonamides is 1. The Morgan fingerprint density at radius 1 is 1.11 bits per heavy atom. The molecule has 2 N–H and O–H groups in total. The molecule has 2 aromatic rings. The topological polar surface area (TPSA) is 191 Å². The molecule has 3 aliphatic rings. The minimum absolute atomic E-state index is 0.0979. The third kappa shape index (κ3) is 9.95. The molecule has 16 heteroatoms. The molecule has 15 nitrogen and oxygen atoms in total. The van der Waals surface area contributed by atoms with Crippen LogP contribution in [0.25, 0.3) is 10.8 Å². The zero-order chi connectivity index (χ0) is 39.5. The van der Waals surface area contributed by atoms with Crippen LogP contribution in [-0.4, -0.2) is 102 Å². The number of allylic oxidation sites excluding steroid dienone is 2. The van der Waals surface area contributed by atoms with Crippen LogP contribution in [-0.2, 0) is 29.1 Å². The number of fused-ring (bicyclic) bond motifs is 1. The predicted molar refractivity (Wildman–Crippen MR) is 199 cm³/mol. The summed E-state index contributed by atoms with van der Waals surface area (Å²) in [6.07, 6.45) is 3.68. The zero-order valence-electron chi connectivity index (χ0n) is 31.5. The lowest BCUT2D eigenvalue weighted by Gasteiger charge is -2.32. The molecule has 0 spiro atoms. The van der Waals surface area contributed by atoms with Crippen LogP contribution in [0, 0.1) is 5.92 Å². The van der Waals surface area contributed by atoms with Gasteiger partial charge in [0.05, 0.1) is 18.9 Å². The fourth-order valence-corrected chi connectivity index (χ4v) is 7.68. The summed E-state index contributed by atoms with van der Waals surface area (Å²) in [7, 11) is -2.48. The number of imide groups is 1. The molecule has 5 atom stereocenters. The monoisotopic (exact) mass is 767 g/mol. The number of alkyl carbamates (subject to hydrolysis) is 1. The van der Waals surface area contributed by atoms with E-state index in [0.717, 1.165) is 15.9 Å². The van der Waals surface area contributed by atoms with E-state index < -0.39 is 69.0 Å². The van der Waals surface area contributed by atoms with E-state index in [9.17, 15) is 32.4 Å². The number of benzene rings is 1. The van der Waals surface area contributed by atoms with Gasteiger partial charge in [0.1, 0.15) is 29.5 Å². The number of hydrogen-bond donors (Lipinski definition) is 2. The van der Waals surface area contributed by atoms with Crippen molar-refractivity contribution in [2.45, 2.75) is 108 Å². The molecule has 54 heavy (non-hydrogen) atoms. The summed E-state index contributed by atoms with van der Waals surface area (Å²) in [5.74, 6) is -1.23. The third-order valence-corrected chi connectivity index (χ3v) is 11.1. The van der Waals surface area contributed by atoms with Crippen molar-refractivity contribution in [3.63, 3.8) is 0 Å². The van der Waals surface area contributed by atoms with E-state index in [-0.39, 0.29) is 43.4 Å². The number of aromatic nitrogens is 1. The number of amides is 5. The van der Waals surface area contributed by atoms with Crippen molar-refractivity contribution in [2.24, 2.45) is 5.92 Å². The van der Waals surface area contributed by atoms with Crippen LogP contribution in [0.1, 0.15) is 73.1 Å². The van der Waals surface area contributed by atoms with Gasteiger partial charge in [0.25, 0.3) is 5.91 Å². The molecule has 5 amide bonds. The van der Waals surface area contributed by atoms with Crippen LogP contribution in [0.3, 0.4) is 0 Å². The maximum atomic E-state index is 14.6. The normalized spacial score (nSPS) is 21.3. The average Bonchev–Trinajstić information content (AvgIpc) is 4.02.